The van der Waals surface area contributed by atoms with Crippen LogP contribution in [-0.4, -0.2) is 35.1 Å². The molecule has 7 heteroatoms. The smallest absolute Gasteiger partial charge is 0.0886 e. The van der Waals surface area contributed by atoms with E-state index in [-0.39, 0.29) is 0 Å². The summed E-state index contributed by atoms with van der Waals surface area (Å²) in [5.74, 6) is 0. The van der Waals surface area contributed by atoms with Gasteiger partial charge in [0.2, 0.25) is 0 Å². The fourth-order valence-corrected chi connectivity index (χ4v) is 7.48. The van der Waals surface area contributed by atoms with Crippen molar-refractivity contribution < 1.29 is 0 Å². The summed E-state index contributed by atoms with van der Waals surface area (Å²) in [4.78, 5) is 21.2. The lowest BCUT2D eigenvalue weighted by Crippen LogP contribution is -1.80. The monoisotopic (exact) mass is 875 g/mol. The van der Waals surface area contributed by atoms with Crippen molar-refractivity contribution in [2.45, 2.75) is 0 Å². The van der Waals surface area contributed by atoms with Gasteiger partial charge in [0.05, 0.1) is 45.5 Å². The second-order valence-electron chi connectivity index (χ2n) is 15.5. The Morgan fingerprint density at radius 3 is 0.838 bits per heavy atom. The van der Waals surface area contributed by atoms with Crippen molar-refractivity contribution in [3.63, 3.8) is 0 Å². The van der Waals surface area contributed by atoms with Crippen LogP contribution in [0.5, 0.6) is 0 Å². The first-order valence-corrected chi connectivity index (χ1v) is 22.3. The van der Waals surface area contributed by atoms with Crippen LogP contribution in [0.4, 0.5) is 0 Å². The van der Waals surface area contributed by atoms with E-state index in [1.165, 1.54) is 43.1 Å². The van der Waals surface area contributed by atoms with Gasteiger partial charge in [-0.2, -0.15) is 10.2 Å². The van der Waals surface area contributed by atoms with E-state index in [0.29, 0.717) is 0 Å². The number of para-hydroxylation sites is 6. The van der Waals surface area contributed by atoms with Gasteiger partial charge in [0.1, 0.15) is 0 Å². The van der Waals surface area contributed by atoms with Gasteiger partial charge in [-0.25, -0.2) is 4.98 Å². The maximum atomic E-state index is 4.58. The van der Waals surface area contributed by atoms with Gasteiger partial charge in [-0.1, -0.05) is 170 Å². The number of rotatable bonds is 0. The largest absolute Gasteiger partial charge is 0.256 e. The number of aromatic nitrogens is 7. The van der Waals surface area contributed by atoms with E-state index in [9.17, 15) is 0 Å². The summed E-state index contributed by atoms with van der Waals surface area (Å²) >= 11 is 0. The van der Waals surface area contributed by atoms with Gasteiger partial charge in [0, 0.05) is 57.1 Å². The molecule has 14 rings (SSSR count). The lowest BCUT2D eigenvalue weighted by atomic mass is 10.0. The molecular formula is C61H45N7. The molecule has 0 aliphatic rings. The fraction of sp³-hybridized carbons (Fsp3) is 0. The van der Waals surface area contributed by atoms with Crippen molar-refractivity contribution >= 4 is 87.0 Å². The van der Waals surface area contributed by atoms with Crippen LogP contribution >= 0.6 is 0 Å². The number of hydrogen-bond donors (Lipinski definition) is 0. The number of benzene rings is 9. The third-order valence-electron chi connectivity index (χ3n) is 10.9. The molecule has 0 fully saturated rings. The van der Waals surface area contributed by atoms with Crippen LogP contribution < -0.4 is 0 Å². The first-order chi connectivity index (χ1) is 33.7. The minimum absolute atomic E-state index is 0.949. The van der Waals surface area contributed by atoms with Crippen LogP contribution in [0.1, 0.15) is 0 Å². The zero-order valence-corrected chi connectivity index (χ0v) is 37.1. The minimum Gasteiger partial charge on any atom is -0.256 e. The number of fused-ring (bicyclic) bond motifs is 8. The summed E-state index contributed by atoms with van der Waals surface area (Å²) in [5, 5.41) is 19.8. The summed E-state index contributed by atoms with van der Waals surface area (Å²) in [6, 6.07) is 80.0. The Bertz CT molecular complexity index is 2990. The van der Waals surface area contributed by atoms with E-state index >= 15 is 0 Å². The Balaban J connectivity index is 0.000000103. The number of pyridine rings is 3. The van der Waals surface area contributed by atoms with Gasteiger partial charge >= 0.3 is 0 Å². The molecule has 0 atom stereocenters. The van der Waals surface area contributed by atoms with Crippen LogP contribution in [-0.2, 0) is 0 Å². The number of hydrogen-bond acceptors (Lipinski definition) is 7. The van der Waals surface area contributed by atoms with Gasteiger partial charge in [0.15, 0.2) is 0 Å². The van der Waals surface area contributed by atoms with Crippen molar-refractivity contribution in [1.82, 2.24) is 35.1 Å². The van der Waals surface area contributed by atoms with Crippen molar-refractivity contribution in [1.29, 1.82) is 0 Å². The van der Waals surface area contributed by atoms with Gasteiger partial charge in [0.25, 0.3) is 0 Å². The molecular weight excluding hydrogens is 831 g/mol. The molecule has 5 heterocycles. The third kappa shape index (κ3) is 11.7. The third-order valence-corrected chi connectivity index (χ3v) is 10.9. The summed E-state index contributed by atoms with van der Waals surface area (Å²) in [6.45, 7) is 0. The van der Waals surface area contributed by atoms with Gasteiger partial charge in [-0.3, -0.25) is 19.9 Å². The Hall–Kier alpha value is -9.33. The maximum Gasteiger partial charge on any atom is 0.0886 e. The van der Waals surface area contributed by atoms with Crippen molar-refractivity contribution in [3.8, 4) is 0 Å². The van der Waals surface area contributed by atoms with Crippen LogP contribution in [0.2, 0.25) is 0 Å². The maximum absolute atomic E-state index is 4.58. The Morgan fingerprint density at radius 2 is 0.456 bits per heavy atom. The van der Waals surface area contributed by atoms with Crippen LogP contribution in [0, 0.1) is 0 Å². The second-order valence-corrected chi connectivity index (χ2v) is 15.5. The minimum atomic E-state index is 0.949. The van der Waals surface area contributed by atoms with Gasteiger partial charge < -0.3 is 0 Å². The van der Waals surface area contributed by atoms with E-state index in [0.717, 1.165) is 43.9 Å². The Labute approximate surface area is 394 Å². The molecule has 7 nitrogen and oxygen atoms in total. The fourth-order valence-electron chi connectivity index (χ4n) is 7.48. The molecule has 0 amide bonds. The molecule has 0 unspecified atom stereocenters. The predicted molar refractivity (Wildman–Crippen MR) is 283 cm³/mol. The predicted octanol–water partition coefficient (Wildman–Crippen LogP) is 15.1. The highest BCUT2D eigenvalue weighted by Gasteiger charge is 1.98. The number of nitrogens with zero attached hydrogens (tertiary/aromatic N) is 7. The molecule has 68 heavy (non-hydrogen) atoms. The van der Waals surface area contributed by atoms with E-state index in [1.807, 2.05) is 146 Å². The topological polar surface area (TPSA) is 90.2 Å². The highest BCUT2D eigenvalue weighted by molar-refractivity contribution is 5.98. The highest BCUT2D eigenvalue weighted by atomic mass is 15.1. The lowest BCUT2D eigenvalue weighted by molar-refractivity contribution is 1.05. The summed E-state index contributed by atoms with van der Waals surface area (Å²) in [5.41, 5.74) is 6.14. The van der Waals surface area contributed by atoms with Crippen LogP contribution in [0.15, 0.2) is 274 Å². The average molecular weight is 876 g/mol. The van der Waals surface area contributed by atoms with Gasteiger partial charge in [-0.05, 0) is 88.3 Å². The molecule has 0 bridgehead atoms. The molecule has 324 valence electrons. The van der Waals surface area contributed by atoms with Crippen LogP contribution in [0.3, 0.4) is 0 Å². The zero-order chi connectivity index (χ0) is 46.0. The van der Waals surface area contributed by atoms with Crippen LogP contribution in [0.25, 0.3) is 87.0 Å². The molecule has 5 aromatic heterocycles. The SMILES string of the molecule is c1ccc2cc3ccccc3cc2c1.c1ccc2cnncc2c1.c1ccc2nc3ccccc3cc2c1.c1ccc2ncccc2c1.c1ccc2ncccc2c1.c1ccc2nccnc2c1. The van der Waals surface area contributed by atoms with Crippen molar-refractivity contribution in [2.75, 3.05) is 0 Å². The molecule has 0 aliphatic heterocycles. The average Bonchev–Trinajstić information content (AvgIpc) is 3.43. The summed E-state index contributed by atoms with van der Waals surface area (Å²) in [7, 11) is 0. The van der Waals surface area contributed by atoms with E-state index in [1.54, 1.807) is 24.8 Å². The van der Waals surface area contributed by atoms with Crippen molar-refractivity contribution in [2.24, 2.45) is 0 Å². The first-order valence-electron chi connectivity index (χ1n) is 22.3. The molecule has 0 N–H and O–H groups in total. The van der Waals surface area contributed by atoms with E-state index in [2.05, 4.69) is 138 Å². The lowest BCUT2D eigenvalue weighted by Gasteiger charge is -2.00. The van der Waals surface area contributed by atoms with Crippen molar-refractivity contribution in [3.05, 3.63) is 274 Å². The van der Waals surface area contributed by atoms with Gasteiger partial charge in [-0.15, -0.1) is 0 Å². The second kappa shape index (κ2) is 22.5. The molecule has 0 saturated heterocycles. The molecule has 14 aromatic rings. The summed E-state index contributed by atoms with van der Waals surface area (Å²) in [6.07, 6.45) is 10.5. The summed E-state index contributed by atoms with van der Waals surface area (Å²) < 4.78 is 0. The molecule has 9 aromatic carbocycles. The Kier molecular flexibility index (Phi) is 14.5. The molecule has 0 radical (unpaired) electrons. The molecule has 0 saturated carbocycles. The van der Waals surface area contributed by atoms with E-state index in [4.69, 9.17) is 0 Å². The highest BCUT2D eigenvalue weighted by Crippen LogP contribution is 2.22. The standard InChI is InChI=1S/C14H10.C13H9N.2C9H7N.2C8H6N2/c1-2-6-12-10-14-8-4-3-7-13(14)9-11(12)5-1;1-3-7-12-10(5-1)9-11-6-2-4-8-13(11)14-12;2*1-2-6-9-8(4-1)5-3-7-10-9;1-2-4-8-6-10-9-5-7(8)3-1;1-2-4-8-7(3-1)9-5-6-10-8/h1-10H;1-9H;2*1-7H;2*1-6H. The molecule has 0 spiro atoms. The van der Waals surface area contributed by atoms with E-state index < -0.39 is 0 Å². The Morgan fingerprint density at radius 1 is 0.191 bits per heavy atom. The first kappa shape index (κ1) is 43.9. The zero-order valence-electron chi connectivity index (χ0n) is 37.1. The molecule has 0 aliphatic carbocycles. The normalized spacial score (nSPS) is 10.4. The quantitative estimate of drug-likeness (QED) is 0.140.